The van der Waals surface area contributed by atoms with Gasteiger partial charge in [0.25, 0.3) is 5.69 Å². The molecule has 0 radical (unpaired) electrons. The molecule has 0 aliphatic carbocycles. The average molecular weight is 317 g/mol. The van der Waals surface area contributed by atoms with Gasteiger partial charge in [-0.05, 0) is 19.1 Å². The molecule has 1 atom stereocenters. The highest BCUT2D eigenvalue weighted by molar-refractivity contribution is 7.53. The quantitative estimate of drug-likeness (QED) is 0.329. The number of nitrogens with zero attached hydrogens (tertiary/aromatic N) is 1. The Bertz CT molecular complexity index is 549. The molecular weight excluding hydrogens is 301 g/mol. The molecule has 1 aromatic rings. The maximum Gasteiger partial charge on any atom is 0.338 e. The third kappa shape index (κ3) is 4.93. The number of hydrogen-bond donors (Lipinski definition) is 0. The second-order valence-electron chi connectivity index (χ2n) is 4.18. The van der Waals surface area contributed by atoms with Crippen molar-refractivity contribution < 1.29 is 28.1 Å². The largest absolute Gasteiger partial charge is 0.458 e. The molecule has 1 aromatic carbocycles. The van der Waals surface area contributed by atoms with Gasteiger partial charge in [-0.2, -0.15) is 0 Å². The van der Waals surface area contributed by atoms with Crippen LogP contribution in [-0.2, 0) is 18.3 Å². The van der Waals surface area contributed by atoms with Crippen LogP contribution in [0, 0.1) is 10.1 Å². The lowest BCUT2D eigenvalue weighted by molar-refractivity contribution is -0.384. The van der Waals surface area contributed by atoms with E-state index >= 15 is 0 Å². The summed E-state index contributed by atoms with van der Waals surface area (Å²) in [5, 5.41) is 10.5. The van der Waals surface area contributed by atoms with Gasteiger partial charge in [-0.3, -0.25) is 14.7 Å². The average Bonchev–Trinajstić information content (AvgIpc) is 2.46. The van der Waals surface area contributed by atoms with E-state index in [1.807, 2.05) is 0 Å². The molecule has 21 heavy (non-hydrogen) atoms. The first-order valence-electron chi connectivity index (χ1n) is 5.97. The van der Waals surface area contributed by atoms with Crippen molar-refractivity contribution in [3.8, 4) is 0 Å². The fourth-order valence-electron chi connectivity index (χ4n) is 1.55. The monoisotopic (exact) mass is 317 g/mol. The van der Waals surface area contributed by atoms with E-state index < -0.39 is 24.6 Å². The van der Waals surface area contributed by atoms with E-state index in [1.165, 1.54) is 38.5 Å². The Morgan fingerprint density at radius 2 is 1.81 bits per heavy atom. The third-order valence-corrected chi connectivity index (χ3v) is 4.73. The van der Waals surface area contributed by atoms with Gasteiger partial charge < -0.3 is 13.8 Å². The van der Waals surface area contributed by atoms with Crippen molar-refractivity contribution in [1.29, 1.82) is 0 Å². The van der Waals surface area contributed by atoms with Crippen molar-refractivity contribution in [2.75, 3.05) is 20.4 Å². The number of carbonyl (C=O) groups excluding carboxylic acids is 1. The molecule has 0 spiro atoms. The van der Waals surface area contributed by atoms with Crippen LogP contribution in [0.4, 0.5) is 5.69 Å². The number of benzene rings is 1. The Balaban J connectivity index is 2.68. The van der Waals surface area contributed by atoms with E-state index in [9.17, 15) is 19.5 Å². The van der Waals surface area contributed by atoms with E-state index in [4.69, 9.17) is 13.8 Å². The van der Waals surface area contributed by atoms with Gasteiger partial charge in [0.15, 0.2) is 0 Å². The number of nitro groups is 1. The molecule has 0 aliphatic rings. The van der Waals surface area contributed by atoms with Crippen molar-refractivity contribution in [3.63, 3.8) is 0 Å². The van der Waals surface area contributed by atoms with E-state index in [2.05, 4.69) is 0 Å². The summed E-state index contributed by atoms with van der Waals surface area (Å²) in [6.07, 6.45) is -0.781. The minimum Gasteiger partial charge on any atom is -0.458 e. The van der Waals surface area contributed by atoms with E-state index in [0.717, 1.165) is 0 Å². The van der Waals surface area contributed by atoms with Gasteiger partial charge in [0.2, 0.25) is 0 Å². The summed E-state index contributed by atoms with van der Waals surface area (Å²) in [6, 6.07) is 4.99. The van der Waals surface area contributed by atoms with Crippen molar-refractivity contribution in [3.05, 3.63) is 39.9 Å². The number of carbonyl (C=O) groups is 1. The van der Waals surface area contributed by atoms with Crippen LogP contribution in [0.25, 0.3) is 0 Å². The molecule has 0 saturated heterocycles. The van der Waals surface area contributed by atoms with Crippen LogP contribution in [0.2, 0.25) is 0 Å². The summed E-state index contributed by atoms with van der Waals surface area (Å²) in [7, 11) is -0.782. The lowest BCUT2D eigenvalue weighted by Gasteiger charge is -2.18. The Labute approximate surface area is 121 Å². The molecular formula is C12H16NO7P. The van der Waals surface area contributed by atoms with Crippen LogP contribution in [0.5, 0.6) is 0 Å². The van der Waals surface area contributed by atoms with E-state index in [1.54, 1.807) is 6.92 Å². The zero-order chi connectivity index (χ0) is 16.0. The number of nitro benzene ring substituents is 1. The highest BCUT2D eigenvalue weighted by Crippen LogP contribution is 2.47. The molecule has 8 nitrogen and oxygen atoms in total. The summed E-state index contributed by atoms with van der Waals surface area (Å²) in [5.74, 6) is -0.670. The zero-order valence-corrected chi connectivity index (χ0v) is 12.7. The number of hydrogen-bond acceptors (Lipinski definition) is 7. The normalized spacial score (nSPS) is 12.7. The van der Waals surface area contributed by atoms with Crippen molar-refractivity contribution >= 4 is 19.3 Å². The fourth-order valence-corrected chi connectivity index (χ4v) is 2.70. The second-order valence-corrected chi connectivity index (χ2v) is 6.50. The lowest BCUT2D eigenvalue weighted by Crippen LogP contribution is -2.19. The first kappa shape index (κ1) is 17.3. The highest BCUT2D eigenvalue weighted by Gasteiger charge is 2.26. The van der Waals surface area contributed by atoms with Gasteiger partial charge in [0.1, 0.15) is 6.10 Å². The Morgan fingerprint density at radius 1 is 1.29 bits per heavy atom. The predicted octanol–water partition coefficient (Wildman–Crippen LogP) is 2.63. The molecule has 1 rings (SSSR count). The molecule has 0 amide bonds. The minimum absolute atomic E-state index is 0.0846. The van der Waals surface area contributed by atoms with Gasteiger partial charge in [-0.1, -0.05) is 0 Å². The van der Waals surface area contributed by atoms with Crippen molar-refractivity contribution in [2.24, 2.45) is 0 Å². The maximum atomic E-state index is 11.9. The first-order valence-corrected chi connectivity index (χ1v) is 7.70. The zero-order valence-electron chi connectivity index (χ0n) is 11.8. The minimum atomic E-state index is -3.27. The topological polar surface area (TPSA) is 105 Å². The van der Waals surface area contributed by atoms with Gasteiger partial charge in [-0.25, -0.2) is 4.79 Å². The third-order valence-electron chi connectivity index (χ3n) is 2.66. The molecule has 116 valence electrons. The van der Waals surface area contributed by atoms with Gasteiger partial charge in [-0.15, -0.1) is 0 Å². The Morgan fingerprint density at radius 3 is 2.24 bits per heavy atom. The summed E-state index contributed by atoms with van der Waals surface area (Å²) in [4.78, 5) is 21.8. The Hall–Kier alpha value is -1.76. The van der Waals surface area contributed by atoms with E-state index in [-0.39, 0.29) is 17.4 Å². The van der Waals surface area contributed by atoms with Crippen LogP contribution in [0.1, 0.15) is 17.3 Å². The summed E-state index contributed by atoms with van der Waals surface area (Å²) < 4.78 is 26.5. The molecule has 0 saturated carbocycles. The van der Waals surface area contributed by atoms with Gasteiger partial charge in [0, 0.05) is 26.4 Å². The number of non-ortho nitro benzene ring substituents is 1. The van der Waals surface area contributed by atoms with Crippen molar-refractivity contribution in [1.82, 2.24) is 0 Å². The van der Waals surface area contributed by atoms with Crippen molar-refractivity contribution in [2.45, 2.75) is 13.0 Å². The molecule has 9 heteroatoms. The summed E-state index contributed by atoms with van der Waals surface area (Å²) in [5.41, 5.74) is 0.0416. The molecule has 0 N–H and O–H groups in total. The van der Waals surface area contributed by atoms with E-state index in [0.29, 0.717) is 0 Å². The standard InChI is InChI=1S/C12H16NO7P/c1-9(8-21(17,18-2)19-3)20-12(14)10-4-6-11(7-5-10)13(15)16/h4-7,9H,8H2,1-3H3/t9-/m0/s1. The fraction of sp³-hybridized carbons (Fsp3) is 0.417. The number of rotatable bonds is 7. The molecule has 0 fully saturated rings. The number of esters is 1. The predicted molar refractivity (Wildman–Crippen MR) is 74.5 cm³/mol. The molecule has 0 aromatic heterocycles. The molecule has 0 aliphatic heterocycles. The smallest absolute Gasteiger partial charge is 0.338 e. The van der Waals surface area contributed by atoms with Crippen LogP contribution in [0.3, 0.4) is 0 Å². The van der Waals surface area contributed by atoms with Crippen LogP contribution in [-0.4, -0.2) is 37.4 Å². The summed E-state index contributed by atoms with van der Waals surface area (Å²) >= 11 is 0. The van der Waals surface area contributed by atoms with Gasteiger partial charge >= 0.3 is 13.6 Å². The number of ether oxygens (including phenoxy) is 1. The SMILES string of the molecule is COP(=O)(C[C@H](C)OC(=O)c1ccc([N+](=O)[O-])cc1)OC. The van der Waals surface area contributed by atoms with Crippen LogP contribution < -0.4 is 0 Å². The first-order chi connectivity index (χ1) is 9.81. The molecule has 0 unspecified atom stereocenters. The van der Waals surface area contributed by atoms with Gasteiger partial charge in [0.05, 0.1) is 16.6 Å². The molecule has 0 bridgehead atoms. The summed E-state index contributed by atoms with van der Waals surface area (Å²) in [6.45, 7) is 1.55. The lowest BCUT2D eigenvalue weighted by atomic mass is 10.2. The Kier molecular flexibility index (Phi) is 6.02. The van der Waals surface area contributed by atoms with Crippen LogP contribution in [0.15, 0.2) is 24.3 Å². The highest BCUT2D eigenvalue weighted by atomic mass is 31.2. The second kappa shape index (κ2) is 7.31. The maximum absolute atomic E-state index is 11.9. The molecule has 0 heterocycles. The van der Waals surface area contributed by atoms with Crippen LogP contribution >= 0.6 is 7.60 Å².